The van der Waals surface area contributed by atoms with E-state index in [9.17, 15) is 4.79 Å². The monoisotopic (exact) mass is 339 g/mol. The molecule has 0 fully saturated rings. The molecule has 7 nitrogen and oxygen atoms in total. The first kappa shape index (κ1) is 16.9. The maximum Gasteiger partial charge on any atom is 0.226 e. The van der Waals surface area contributed by atoms with Gasteiger partial charge < -0.3 is 9.84 Å². The summed E-state index contributed by atoms with van der Waals surface area (Å²) in [5.41, 5.74) is 2.52. The van der Waals surface area contributed by atoms with E-state index in [4.69, 9.17) is 4.52 Å². The number of nitrogens with one attached hydrogen (secondary N) is 2. The van der Waals surface area contributed by atoms with Crippen LogP contribution in [0.2, 0.25) is 0 Å². The molecule has 2 heterocycles. The van der Waals surface area contributed by atoms with Gasteiger partial charge in [0.2, 0.25) is 11.8 Å². The largest absolute Gasteiger partial charge is 0.342 e. The van der Waals surface area contributed by atoms with Gasteiger partial charge in [-0.1, -0.05) is 42.4 Å². The molecule has 0 radical (unpaired) electrons. The van der Waals surface area contributed by atoms with Crippen LogP contribution in [-0.2, 0) is 17.6 Å². The van der Waals surface area contributed by atoms with Crippen molar-refractivity contribution in [1.82, 2.24) is 25.7 Å². The lowest BCUT2D eigenvalue weighted by Crippen LogP contribution is -2.31. The van der Waals surface area contributed by atoms with E-state index in [1.54, 1.807) is 0 Å². The van der Waals surface area contributed by atoms with Crippen molar-refractivity contribution in [2.75, 3.05) is 0 Å². The van der Waals surface area contributed by atoms with E-state index in [1.165, 1.54) is 0 Å². The molecule has 0 aliphatic carbocycles. The van der Waals surface area contributed by atoms with Crippen molar-refractivity contribution in [3.8, 4) is 0 Å². The van der Waals surface area contributed by atoms with E-state index in [0.29, 0.717) is 17.4 Å². The highest BCUT2D eigenvalue weighted by Gasteiger charge is 2.22. The van der Waals surface area contributed by atoms with Crippen molar-refractivity contribution < 1.29 is 9.32 Å². The number of aromatic amines is 1. The zero-order valence-electron chi connectivity index (χ0n) is 14.3. The van der Waals surface area contributed by atoms with Crippen LogP contribution in [0.25, 0.3) is 0 Å². The minimum Gasteiger partial charge on any atom is -0.342 e. The Kier molecular flexibility index (Phi) is 5.23. The molecule has 0 bridgehead atoms. The van der Waals surface area contributed by atoms with Gasteiger partial charge in [-0.3, -0.25) is 9.89 Å². The minimum atomic E-state index is -0.455. The number of hydrogen-bond donors (Lipinski definition) is 2. The molecule has 1 amide bonds. The van der Waals surface area contributed by atoms with Crippen LogP contribution in [0.4, 0.5) is 0 Å². The molecule has 1 aromatic carbocycles. The Morgan fingerprint density at radius 3 is 2.80 bits per heavy atom. The first-order chi connectivity index (χ1) is 12.2. The van der Waals surface area contributed by atoms with Crippen LogP contribution in [0.3, 0.4) is 0 Å². The summed E-state index contributed by atoms with van der Waals surface area (Å²) in [6.07, 6.45) is 1.82. The summed E-state index contributed by atoms with van der Waals surface area (Å²) in [6.45, 7) is 3.95. The minimum absolute atomic E-state index is 0.151. The maximum atomic E-state index is 12.5. The van der Waals surface area contributed by atoms with Gasteiger partial charge in [-0.05, 0) is 25.0 Å². The lowest BCUT2D eigenvalue weighted by atomic mass is 10.1. The third-order valence-electron chi connectivity index (χ3n) is 3.74. The van der Waals surface area contributed by atoms with Crippen LogP contribution in [0.5, 0.6) is 0 Å². The Morgan fingerprint density at radius 2 is 2.12 bits per heavy atom. The predicted molar refractivity (Wildman–Crippen MR) is 91.7 cm³/mol. The van der Waals surface area contributed by atoms with Crippen molar-refractivity contribution in [2.45, 2.75) is 39.2 Å². The lowest BCUT2D eigenvalue weighted by Gasteiger charge is -2.15. The molecule has 0 aliphatic heterocycles. The molecule has 3 aromatic rings. The number of amides is 1. The number of hydrogen-bond acceptors (Lipinski definition) is 5. The van der Waals surface area contributed by atoms with Gasteiger partial charge in [0.25, 0.3) is 0 Å². The number of nitrogens with zero attached hydrogens (tertiary/aromatic N) is 3. The summed E-state index contributed by atoms with van der Waals surface area (Å²) in [6, 6.07) is 11.0. The van der Waals surface area contributed by atoms with Crippen LogP contribution >= 0.6 is 0 Å². The topological polar surface area (TPSA) is 96.7 Å². The fourth-order valence-corrected chi connectivity index (χ4v) is 2.58. The second kappa shape index (κ2) is 7.74. The van der Waals surface area contributed by atoms with Crippen LogP contribution < -0.4 is 5.32 Å². The molecular formula is C18H21N5O2. The Hall–Kier alpha value is -2.96. The van der Waals surface area contributed by atoms with Gasteiger partial charge >= 0.3 is 0 Å². The molecule has 0 saturated carbocycles. The van der Waals surface area contributed by atoms with Crippen molar-refractivity contribution >= 4 is 5.91 Å². The van der Waals surface area contributed by atoms with Crippen LogP contribution in [0.1, 0.15) is 48.1 Å². The molecule has 0 spiro atoms. The predicted octanol–water partition coefficient (Wildman–Crippen LogP) is 2.50. The standard InChI is InChI=1S/C18H21N5O2/c1-3-7-16-20-18(23-25-16)17(13-8-5-4-6-9-13)19-15(24)11-14-10-12(2)21-22-14/h4-6,8-10,17H,3,7,11H2,1-2H3,(H,19,24)(H,21,22). The van der Waals surface area contributed by atoms with Crippen molar-refractivity contribution in [2.24, 2.45) is 0 Å². The fourth-order valence-electron chi connectivity index (χ4n) is 2.58. The number of aryl methyl sites for hydroxylation is 2. The van der Waals surface area contributed by atoms with Gasteiger partial charge in [-0.25, -0.2) is 0 Å². The Balaban J connectivity index is 1.79. The second-order valence-corrected chi connectivity index (χ2v) is 5.93. The Bertz CT molecular complexity index is 825. The summed E-state index contributed by atoms with van der Waals surface area (Å²) in [5.74, 6) is 0.888. The average Bonchev–Trinajstić information content (AvgIpc) is 3.23. The summed E-state index contributed by atoms with van der Waals surface area (Å²) in [5, 5.41) is 14.0. The highest BCUT2D eigenvalue weighted by Crippen LogP contribution is 2.20. The van der Waals surface area contributed by atoms with Gasteiger partial charge in [-0.15, -0.1) is 0 Å². The van der Waals surface area contributed by atoms with Gasteiger partial charge in [0, 0.05) is 12.1 Å². The SMILES string of the molecule is CCCc1nc(C(NC(=O)Cc2cc(C)[nH]n2)c2ccccc2)no1. The number of carbonyl (C=O) groups is 1. The Labute approximate surface area is 145 Å². The molecule has 3 rings (SSSR count). The highest BCUT2D eigenvalue weighted by molar-refractivity contribution is 5.79. The van der Waals surface area contributed by atoms with Crippen molar-refractivity contribution in [3.05, 3.63) is 65.1 Å². The third-order valence-corrected chi connectivity index (χ3v) is 3.74. The first-order valence-corrected chi connectivity index (χ1v) is 8.33. The molecule has 1 atom stereocenters. The van der Waals surface area contributed by atoms with Gasteiger partial charge in [0.15, 0.2) is 5.82 Å². The zero-order chi connectivity index (χ0) is 17.6. The van der Waals surface area contributed by atoms with Crippen LogP contribution in [0.15, 0.2) is 40.9 Å². The molecule has 0 saturated heterocycles. The van der Waals surface area contributed by atoms with Gasteiger partial charge in [0.1, 0.15) is 6.04 Å². The van der Waals surface area contributed by atoms with E-state index >= 15 is 0 Å². The quantitative estimate of drug-likeness (QED) is 0.689. The normalized spacial score (nSPS) is 12.1. The van der Waals surface area contributed by atoms with E-state index in [1.807, 2.05) is 50.2 Å². The number of H-pyrrole nitrogens is 1. The molecule has 25 heavy (non-hydrogen) atoms. The fraction of sp³-hybridized carbons (Fsp3) is 0.333. The second-order valence-electron chi connectivity index (χ2n) is 5.93. The molecule has 1 unspecified atom stereocenters. The van der Waals surface area contributed by atoms with Crippen LogP contribution in [0, 0.1) is 6.92 Å². The summed E-state index contributed by atoms with van der Waals surface area (Å²) in [4.78, 5) is 16.9. The van der Waals surface area contributed by atoms with Crippen molar-refractivity contribution in [1.29, 1.82) is 0 Å². The lowest BCUT2D eigenvalue weighted by molar-refractivity contribution is -0.121. The molecule has 0 aliphatic rings. The zero-order valence-corrected chi connectivity index (χ0v) is 14.3. The highest BCUT2D eigenvalue weighted by atomic mass is 16.5. The molecule has 130 valence electrons. The number of aromatic nitrogens is 4. The smallest absolute Gasteiger partial charge is 0.226 e. The van der Waals surface area contributed by atoms with E-state index < -0.39 is 6.04 Å². The molecule has 2 N–H and O–H groups in total. The van der Waals surface area contributed by atoms with E-state index in [2.05, 4.69) is 25.7 Å². The summed E-state index contributed by atoms with van der Waals surface area (Å²) < 4.78 is 5.28. The van der Waals surface area contributed by atoms with E-state index in [0.717, 1.165) is 24.1 Å². The molecular weight excluding hydrogens is 318 g/mol. The van der Waals surface area contributed by atoms with E-state index in [-0.39, 0.29) is 12.3 Å². The number of rotatable bonds is 7. The third kappa shape index (κ3) is 4.32. The van der Waals surface area contributed by atoms with Crippen molar-refractivity contribution in [3.63, 3.8) is 0 Å². The molecule has 7 heteroatoms. The molecule has 2 aromatic heterocycles. The Morgan fingerprint density at radius 1 is 1.32 bits per heavy atom. The first-order valence-electron chi connectivity index (χ1n) is 8.33. The number of carbonyl (C=O) groups excluding carboxylic acids is 1. The van der Waals surface area contributed by atoms with Crippen LogP contribution in [-0.4, -0.2) is 26.2 Å². The summed E-state index contributed by atoms with van der Waals surface area (Å²) in [7, 11) is 0. The maximum absolute atomic E-state index is 12.5. The average molecular weight is 339 g/mol. The summed E-state index contributed by atoms with van der Waals surface area (Å²) >= 11 is 0. The number of benzene rings is 1. The van der Waals surface area contributed by atoms with Gasteiger partial charge in [0.05, 0.1) is 12.1 Å². The van der Waals surface area contributed by atoms with Gasteiger partial charge in [-0.2, -0.15) is 10.1 Å².